The van der Waals surface area contributed by atoms with Crippen molar-refractivity contribution in [1.82, 2.24) is 5.32 Å². The third kappa shape index (κ3) is 4.19. The zero-order valence-electron chi connectivity index (χ0n) is 10.7. The Bertz CT molecular complexity index is 436. The van der Waals surface area contributed by atoms with Gasteiger partial charge in [0.15, 0.2) is 0 Å². The highest BCUT2D eigenvalue weighted by Gasteiger charge is 2.02. The normalized spacial score (nSPS) is 11.4. The highest BCUT2D eigenvalue weighted by Crippen LogP contribution is 2.18. The molecule has 0 saturated heterocycles. The summed E-state index contributed by atoms with van der Waals surface area (Å²) in [7, 11) is 0. The fourth-order valence-corrected chi connectivity index (χ4v) is 2.10. The smallest absolute Gasteiger partial charge is 0.0654 e. The average molecular weight is 248 g/mol. The molecule has 0 unspecified atom stereocenters. The summed E-state index contributed by atoms with van der Waals surface area (Å²) in [6.45, 7) is 10.3. The molecular formula is C14H20N2S. The van der Waals surface area contributed by atoms with Crippen LogP contribution in [0.15, 0.2) is 35.9 Å². The molecule has 0 atom stereocenters. The van der Waals surface area contributed by atoms with Crippen LogP contribution in [-0.2, 0) is 0 Å². The van der Waals surface area contributed by atoms with Gasteiger partial charge in [0.25, 0.3) is 0 Å². The second kappa shape index (κ2) is 6.40. The molecule has 0 aliphatic heterocycles. The van der Waals surface area contributed by atoms with E-state index in [4.69, 9.17) is 5.73 Å². The molecule has 0 aliphatic carbocycles. The number of allylic oxidation sites excluding steroid dienone is 1. The van der Waals surface area contributed by atoms with Crippen LogP contribution in [0, 0.1) is 13.8 Å². The lowest BCUT2D eigenvalue weighted by molar-refractivity contribution is 1.08. The van der Waals surface area contributed by atoms with Crippen molar-refractivity contribution in [3.05, 3.63) is 52.6 Å². The molecule has 0 spiro atoms. The Kier molecular flexibility index (Phi) is 5.16. The number of nitrogens with two attached hydrogens (primary N) is 1. The molecule has 0 radical (unpaired) electrons. The molecule has 3 heteroatoms. The van der Waals surface area contributed by atoms with Crippen LogP contribution in [0.25, 0.3) is 5.70 Å². The second-order valence-corrected chi connectivity index (χ2v) is 5.26. The number of hydrogen-bond donors (Lipinski definition) is 2. The maximum atomic E-state index is 5.41. The van der Waals surface area contributed by atoms with E-state index in [0.29, 0.717) is 0 Å². The van der Waals surface area contributed by atoms with Gasteiger partial charge in [-0.15, -0.1) is 11.8 Å². The minimum absolute atomic E-state index is 0.783. The van der Waals surface area contributed by atoms with Crippen LogP contribution in [0.2, 0.25) is 0 Å². The summed E-state index contributed by atoms with van der Waals surface area (Å²) >= 11 is 1.67. The van der Waals surface area contributed by atoms with Gasteiger partial charge >= 0.3 is 0 Å². The number of rotatable bonds is 5. The van der Waals surface area contributed by atoms with Crippen molar-refractivity contribution >= 4 is 17.5 Å². The summed E-state index contributed by atoms with van der Waals surface area (Å²) in [6, 6.07) is 6.38. The highest BCUT2D eigenvalue weighted by atomic mass is 32.2. The topological polar surface area (TPSA) is 38.0 Å². The van der Waals surface area contributed by atoms with E-state index >= 15 is 0 Å². The predicted molar refractivity (Wildman–Crippen MR) is 78.5 cm³/mol. The van der Waals surface area contributed by atoms with Gasteiger partial charge in [-0.2, -0.15) is 0 Å². The van der Waals surface area contributed by atoms with Crippen LogP contribution in [0.1, 0.15) is 23.6 Å². The van der Waals surface area contributed by atoms with E-state index in [9.17, 15) is 0 Å². The van der Waals surface area contributed by atoms with Crippen molar-refractivity contribution in [2.75, 3.05) is 5.88 Å². The monoisotopic (exact) mass is 248 g/mol. The van der Waals surface area contributed by atoms with Crippen LogP contribution in [0.3, 0.4) is 0 Å². The Balaban J connectivity index is 2.58. The lowest BCUT2D eigenvalue weighted by Crippen LogP contribution is -2.11. The van der Waals surface area contributed by atoms with E-state index in [-0.39, 0.29) is 0 Å². The molecular weight excluding hydrogens is 228 g/mol. The molecule has 0 aliphatic rings. The summed E-state index contributed by atoms with van der Waals surface area (Å²) in [4.78, 5) is 1.10. The number of benzene rings is 1. The fraction of sp³-hybridized carbons (Fsp3) is 0.286. The molecule has 17 heavy (non-hydrogen) atoms. The van der Waals surface area contributed by atoms with Crippen molar-refractivity contribution in [2.45, 2.75) is 20.8 Å². The standard InChI is InChI=1S/C14H20N2S/c1-10-5-6-14(11(2)7-10)13(4)16-9-17-12(3)8-15/h5-8,16H,4,9,15H2,1-3H3/b12-8-. The number of nitrogens with one attached hydrogen (secondary N) is 1. The highest BCUT2D eigenvalue weighted by molar-refractivity contribution is 8.03. The first-order valence-electron chi connectivity index (χ1n) is 5.56. The summed E-state index contributed by atoms with van der Waals surface area (Å²) < 4.78 is 0. The second-order valence-electron chi connectivity index (χ2n) is 4.04. The first-order chi connectivity index (χ1) is 8.04. The minimum atomic E-state index is 0.783. The molecule has 0 saturated carbocycles. The van der Waals surface area contributed by atoms with Gasteiger partial charge in [-0.25, -0.2) is 0 Å². The van der Waals surface area contributed by atoms with Crippen molar-refractivity contribution in [3.8, 4) is 0 Å². The molecule has 1 rings (SSSR count). The largest absolute Gasteiger partial charge is 0.404 e. The van der Waals surface area contributed by atoms with Gasteiger partial charge in [-0.05, 0) is 36.8 Å². The van der Waals surface area contributed by atoms with Gasteiger partial charge in [0.2, 0.25) is 0 Å². The lowest BCUT2D eigenvalue weighted by Gasteiger charge is -2.12. The Morgan fingerprint density at radius 3 is 2.76 bits per heavy atom. The molecule has 0 aromatic heterocycles. The van der Waals surface area contributed by atoms with Gasteiger partial charge in [0, 0.05) is 11.9 Å². The minimum Gasteiger partial charge on any atom is -0.404 e. The molecule has 1 aromatic carbocycles. The first-order valence-corrected chi connectivity index (χ1v) is 6.55. The van der Waals surface area contributed by atoms with E-state index in [1.54, 1.807) is 18.0 Å². The Hall–Kier alpha value is -1.35. The third-order valence-electron chi connectivity index (χ3n) is 2.53. The van der Waals surface area contributed by atoms with E-state index in [1.165, 1.54) is 16.7 Å². The van der Waals surface area contributed by atoms with Crippen LogP contribution in [0.4, 0.5) is 0 Å². The van der Waals surface area contributed by atoms with E-state index in [1.807, 2.05) is 6.92 Å². The van der Waals surface area contributed by atoms with Gasteiger partial charge in [-0.3, -0.25) is 0 Å². The summed E-state index contributed by atoms with van der Waals surface area (Å²) in [5.74, 6) is 0.783. The van der Waals surface area contributed by atoms with Crippen LogP contribution in [-0.4, -0.2) is 5.88 Å². The van der Waals surface area contributed by atoms with Crippen molar-refractivity contribution in [2.24, 2.45) is 5.73 Å². The van der Waals surface area contributed by atoms with Gasteiger partial charge in [0.05, 0.1) is 5.88 Å². The maximum Gasteiger partial charge on any atom is 0.0654 e. The number of thioether (sulfide) groups is 1. The summed E-state index contributed by atoms with van der Waals surface area (Å²) in [5.41, 5.74) is 10.1. The van der Waals surface area contributed by atoms with Gasteiger partial charge < -0.3 is 11.1 Å². The molecule has 1 aromatic rings. The van der Waals surface area contributed by atoms with Gasteiger partial charge in [0.1, 0.15) is 0 Å². The van der Waals surface area contributed by atoms with Crippen LogP contribution >= 0.6 is 11.8 Å². The van der Waals surface area contributed by atoms with Gasteiger partial charge in [-0.1, -0.05) is 30.3 Å². The maximum absolute atomic E-state index is 5.41. The van der Waals surface area contributed by atoms with E-state index in [0.717, 1.165) is 16.5 Å². The fourth-order valence-electron chi connectivity index (χ4n) is 1.53. The SMILES string of the molecule is C=C(NCS/C(C)=C\N)c1ccc(C)cc1C. The molecule has 2 nitrogen and oxygen atoms in total. The Labute approximate surface area is 108 Å². The lowest BCUT2D eigenvalue weighted by atomic mass is 10.0. The summed E-state index contributed by atoms with van der Waals surface area (Å²) in [6.07, 6.45) is 1.62. The average Bonchev–Trinajstić information content (AvgIpc) is 2.28. The molecule has 0 heterocycles. The quantitative estimate of drug-likeness (QED) is 0.785. The Morgan fingerprint density at radius 2 is 2.18 bits per heavy atom. The predicted octanol–water partition coefficient (Wildman–Crippen LogP) is 3.37. The zero-order chi connectivity index (χ0) is 12.8. The molecule has 92 valence electrons. The van der Waals surface area contributed by atoms with Crippen LogP contribution in [0.5, 0.6) is 0 Å². The molecule has 0 bridgehead atoms. The van der Waals surface area contributed by atoms with E-state index < -0.39 is 0 Å². The summed E-state index contributed by atoms with van der Waals surface area (Å²) in [5, 5.41) is 3.30. The Morgan fingerprint density at radius 1 is 1.47 bits per heavy atom. The molecule has 3 N–H and O–H groups in total. The van der Waals surface area contributed by atoms with Crippen LogP contribution < -0.4 is 11.1 Å². The van der Waals surface area contributed by atoms with E-state index in [2.05, 4.69) is 43.9 Å². The zero-order valence-corrected chi connectivity index (χ0v) is 11.5. The molecule has 0 amide bonds. The van der Waals surface area contributed by atoms with Crippen molar-refractivity contribution in [3.63, 3.8) is 0 Å². The van der Waals surface area contributed by atoms with Crippen molar-refractivity contribution < 1.29 is 0 Å². The van der Waals surface area contributed by atoms with Crippen molar-refractivity contribution in [1.29, 1.82) is 0 Å². The number of aryl methyl sites for hydroxylation is 2. The molecule has 0 fully saturated rings. The number of hydrogen-bond acceptors (Lipinski definition) is 3. The third-order valence-corrected chi connectivity index (χ3v) is 3.41. The first kappa shape index (κ1) is 13.7.